The second-order valence-corrected chi connectivity index (χ2v) is 4.75. The first-order valence-corrected chi connectivity index (χ1v) is 6.21. The van der Waals surface area contributed by atoms with Gasteiger partial charge in [-0.15, -0.1) is 0 Å². The molecule has 0 unspecified atom stereocenters. The first kappa shape index (κ1) is 11.1. The van der Waals surface area contributed by atoms with Gasteiger partial charge in [0.1, 0.15) is 7.05 Å². The fourth-order valence-corrected chi connectivity index (χ4v) is 2.60. The SMILES string of the molecule is CN1C=Cc2ccccc2B1c1cccc[n+]1C. The number of hydrogen-bond acceptors (Lipinski definition) is 1. The molecule has 1 aromatic carbocycles. The van der Waals surface area contributed by atoms with Crippen molar-refractivity contribution >= 4 is 24.0 Å². The Hall–Kier alpha value is -2.03. The standard InChI is InChI=1S/C15H16BN2/c1-17-11-6-5-9-15(17)16-14-8-4-3-7-13(14)10-12-18(16)2/h3-12H,1-2H3/q+1. The van der Waals surface area contributed by atoms with Gasteiger partial charge >= 0.3 is 6.85 Å². The van der Waals surface area contributed by atoms with Gasteiger partial charge in [0, 0.05) is 6.07 Å². The van der Waals surface area contributed by atoms with E-state index in [9.17, 15) is 0 Å². The van der Waals surface area contributed by atoms with Crippen LogP contribution < -0.4 is 15.6 Å². The summed E-state index contributed by atoms with van der Waals surface area (Å²) >= 11 is 0. The summed E-state index contributed by atoms with van der Waals surface area (Å²) in [5.74, 6) is 0. The van der Waals surface area contributed by atoms with E-state index in [0.29, 0.717) is 0 Å². The van der Waals surface area contributed by atoms with E-state index in [1.807, 2.05) is 0 Å². The number of aryl methyl sites for hydroxylation is 1. The minimum atomic E-state index is 0.289. The second kappa shape index (κ2) is 4.33. The molecule has 1 aliphatic rings. The van der Waals surface area contributed by atoms with Crippen LogP contribution >= 0.6 is 0 Å². The number of benzene rings is 1. The molecule has 0 saturated carbocycles. The van der Waals surface area contributed by atoms with Gasteiger partial charge in [-0.3, -0.25) is 0 Å². The number of rotatable bonds is 1. The Morgan fingerprint density at radius 2 is 1.83 bits per heavy atom. The molecule has 0 fully saturated rings. The molecule has 2 aromatic rings. The molecule has 1 aromatic heterocycles. The summed E-state index contributed by atoms with van der Waals surface area (Å²) in [4.78, 5) is 2.26. The van der Waals surface area contributed by atoms with Gasteiger partial charge in [-0.25, -0.2) is 4.57 Å². The monoisotopic (exact) mass is 235 g/mol. The fraction of sp³-hybridized carbons (Fsp3) is 0.133. The normalized spacial score (nSPS) is 13.7. The molecule has 3 heteroatoms. The van der Waals surface area contributed by atoms with Crippen molar-refractivity contribution in [1.82, 2.24) is 4.81 Å². The van der Waals surface area contributed by atoms with Crippen molar-refractivity contribution in [2.75, 3.05) is 7.05 Å². The highest BCUT2D eigenvalue weighted by Crippen LogP contribution is 2.09. The maximum Gasteiger partial charge on any atom is 0.403 e. The van der Waals surface area contributed by atoms with Crippen LogP contribution in [0.2, 0.25) is 0 Å². The van der Waals surface area contributed by atoms with Crippen LogP contribution in [0.1, 0.15) is 5.56 Å². The Morgan fingerprint density at radius 1 is 1.06 bits per heavy atom. The highest BCUT2D eigenvalue weighted by Gasteiger charge is 2.34. The van der Waals surface area contributed by atoms with Crippen LogP contribution in [-0.4, -0.2) is 18.7 Å². The minimum Gasteiger partial charge on any atom is -0.411 e. The smallest absolute Gasteiger partial charge is 0.403 e. The Bertz CT molecular complexity index is 607. The van der Waals surface area contributed by atoms with Gasteiger partial charge in [0.2, 0.25) is 0 Å². The van der Waals surface area contributed by atoms with Crippen molar-refractivity contribution in [3.05, 3.63) is 60.4 Å². The number of hydrogen-bond donors (Lipinski definition) is 0. The van der Waals surface area contributed by atoms with Gasteiger partial charge in [0.25, 0.3) is 0 Å². The lowest BCUT2D eigenvalue weighted by Crippen LogP contribution is -2.65. The third kappa shape index (κ3) is 1.72. The van der Waals surface area contributed by atoms with Gasteiger partial charge in [0.05, 0.1) is 0 Å². The molecule has 0 atom stereocenters. The van der Waals surface area contributed by atoms with Crippen LogP contribution in [0.15, 0.2) is 54.9 Å². The van der Waals surface area contributed by atoms with Crippen molar-refractivity contribution in [3.8, 4) is 0 Å². The van der Waals surface area contributed by atoms with E-state index in [4.69, 9.17) is 0 Å². The average molecular weight is 235 g/mol. The molecule has 0 bridgehead atoms. The summed E-state index contributed by atoms with van der Waals surface area (Å²) < 4.78 is 2.19. The van der Waals surface area contributed by atoms with Crippen LogP contribution in [-0.2, 0) is 7.05 Å². The fourth-order valence-electron chi connectivity index (χ4n) is 2.60. The van der Waals surface area contributed by atoms with Crippen LogP contribution in [0.25, 0.3) is 6.08 Å². The molecule has 0 N–H and O–H groups in total. The second-order valence-electron chi connectivity index (χ2n) is 4.75. The van der Waals surface area contributed by atoms with E-state index in [0.717, 1.165) is 0 Å². The van der Waals surface area contributed by atoms with Crippen molar-refractivity contribution in [2.45, 2.75) is 0 Å². The maximum atomic E-state index is 2.26. The Labute approximate surface area is 108 Å². The van der Waals surface area contributed by atoms with Gasteiger partial charge in [-0.05, 0) is 36.4 Å². The maximum absolute atomic E-state index is 2.26. The van der Waals surface area contributed by atoms with Crippen LogP contribution in [0.4, 0.5) is 0 Å². The number of pyridine rings is 1. The summed E-state index contributed by atoms with van der Waals surface area (Å²) in [5.41, 5.74) is 3.98. The summed E-state index contributed by atoms with van der Waals surface area (Å²) in [7, 11) is 4.23. The molecular formula is C15H16BN2+. The highest BCUT2D eigenvalue weighted by atomic mass is 15.0. The molecule has 0 radical (unpaired) electrons. The molecule has 2 nitrogen and oxygen atoms in total. The average Bonchev–Trinajstić information content (AvgIpc) is 2.40. The van der Waals surface area contributed by atoms with Gasteiger partial charge in [-0.1, -0.05) is 30.3 Å². The molecule has 0 aliphatic carbocycles. The van der Waals surface area contributed by atoms with E-state index >= 15 is 0 Å². The third-order valence-electron chi connectivity index (χ3n) is 3.56. The number of aromatic nitrogens is 1. The van der Waals surface area contributed by atoms with Crippen molar-refractivity contribution in [1.29, 1.82) is 0 Å². The van der Waals surface area contributed by atoms with Gasteiger partial charge in [0.15, 0.2) is 11.8 Å². The molecule has 0 spiro atoms. The zero-order valence-corrected chi connectivity index (χ0v) is 10.7. The van der Waals surface area contributed by atoms with Gasteiger partial charge in [-0.2, -0.15) is 0 Å². The van der Waals surface area contributed by atoms with E-state index in [1.165, 1.54) is 16.6 Å². The van der Waals surface area contributed by atoms with E-state index in [1.54, 1.807) is 0 Å². The molecule has 0 amide bonds. The lowest BCUT2D eigenvalue weighted by molar-refractivity contribution is -0.654. The third-order valence-corrected chi connectivity index (χ3v) is 3.56. The number of fused-ring (bicyclic) bond motifs is 1. The zero-order chi connectivity index (χ0) is 12.5. The molecular weight excluding hydrogens is 219 g/mol. The van der Waals surface area contributed by atoms with Crippen LogP contribution in [0.3, 0.4) is 0 Å². The van der Waals surface area contributed by atoms with Gasteiger partial charge < -0.3 is 4.81 Å². The Kier molecular flexibility index (Phi) is 2.67. The Balaban J connectivity index is 2.17. The first-order valence-electron chi connectivity index (χ1n) is 6.21. The summed E-state index contributed by atoms with van der Waals surface area (Å²) in [6.45, 7) is 0.289. The molecule has 2 heterocycles. The number of nitrogens with zero attached hydrogens (tertiary/aromatic N) is 2. The summed E-state index contributed by atoms with van der Waals surface area (Å²) in [5, 5.41) is 0. The molecule has 1 aliphatic heterocycles. The largest absolute Gasteiger partial charge is 0.411 e. The van der Waals surface area contributed by atoms with Crippen LogP contribution in [0, 0.1) is 0 Å². The lowest BCUT2D eigenvalue weighted by atomic mass is 9.49. The van der Waals surface area contributed by atoms with Crippen LogP contribution in [0.5, 0.6) is 0 Å². The highest BCUT2D eigenvalue weighted by molar-refractivity contribution is 6.82. The van der Waals surface area contributed by atoms with E-state index < -0.39 is 0 Å². The van der Waals surface area contributed by atoms with Crippen molar-refractivity contribution in [2.24, 2.45) is 7.05 Å². The summed E-state index contributed by atoms with van der Waals surface area (Å²) in [6, 6.07) is 15.0. The minimum absolute atomic E-state index is 0.289. The quantitative estimate of drug-likeness (QED) is 0.516. The molecule has 0 saturated heterocycles. The van der Waals surface area contributed by atoms with E-state index in [2.05, 4.69) is 84.4 Å². The predicted octanol–water partition coefficient (Wildman–Crippen LogP) is 0.533. The van der Waals surface area contributed by atoms with E-state index in [-0.39, 0.29) is 6.85 Å². The predicted molar refractivity (Wildman–Crippen MR) is 75.9 cm³/mol. The van der Waals surface area contributed by atoms with Crippen molar-refractivity contribution < 1.29 is 4.57 Å². The molecule has 18 heavy (non-hydrogen) atoms. The zero-order valence-electron chi connectivity index (χ0n) is 10.7. The van der Waals surface area contributed by atoms with Crippen molar-refractivity contribution in [3.63, 3.8) is 0 Å². The topological polar surface area (TPSA) is 7.12 Å². The summed E-state index contributed by atoms with van der Waals surface area (Å²) in [6.07, 6.45) is 6.43. The lowest BCUT2D eigenvalue weighted by Gasteiger charge is -2.26. The first-order chi connectivity index (χ1) is 8.77. The Morgan fingerprint density at radius 3 is 2.67 bits per heavy atom. The molecule has 88 valence electrons. The molecule has 3 rings (SSSR count).